The Morgan fingerprint density at radius 2 is 1.82 bits per heavy atom. The molecule has 2 saturated heterocycles. The van der Waals surface area contributed by atoms with Crippen LogP contribution in [-0.4, -0.2) is 69.8 Å². The lowest BCUT2D eigenvalue weighted by atomic mass is 10.1. The van der Waals surface area contributed by atoms with Gasteiger partial charge in [-0.1, -0.05) is 12.1 Å². The molecule has 4 N–H and O–H groups in total. The van der Waals surface area contributed by atoms with Gasteiger partial charge in [0.05, 0.1) is 11.8 Å². The highest BCUT2D eigenvalue weighted by Gasteiger charge is 2.29. The van der Waals surface area contributed by atoms with Crippen LogP contribution in [0.15, 0.2) is 61.1 Å². The third-order valence-corrected chi connectivity index (χ3v) is 7.66. The number of nitrogen functional groups attached to an aromatic ring is 1. The summed E-state index contributed by atoms with van der Waals surface area (Å²) in [4.78, 5) is 32.4. The van der Waals surface area contributed by atoms with Gasteiger partial charge in [-0.2, -0.15) is 5.10 Å². The van der Waals surface area contributed by atoms with Crippen LogP contribution in [0.25, 0.3) is 21.9 Å². The maximum Gasteiger partial charge on any atom is 0.255 e. The van der Waals surface area contributed by atoms with Crippen molar-refractivity contribution in [2.45, 2.75) is 31.4 Å². The number of rotatable bonds is 6. The second-order valence-corrected chi connectivity index (χ2v) is 10.6. The fourth-order valence-electron chi connectivity index (χ4n) is 5.43. The van der Waals surface area contributed by atoms with Gasteiger partial charge in [0, 0.05) is 55.3 Å². The van der Waals surface area contributed by atoms with Crippen molar-refractivity contribution < 1.29 is 14.3 Å². The first-order valence-electron chi connectivity index (χ1n) is 13.7. The van der Waals surface area contributed by atoms with Gasteiger partial charge in [-0.25, -0.2) is 4.98 Å². The summed E-state index contributed by atoms with van der Waals surface area (Å²) in [6, 6.07) is 13.3. The largest absolute Gasteiger partial charge is 0.490 e. The van der Waals surface area contributed by atoms with E-state index in [1.807, 2.05) is 49.6 Å². The van der Waals surface area contributed by atoms with E-state index < -0.39 is 0 Å². The zero-order valence-electron chi connectivity index (χ0n) is 22.5. The van der Waals surface area contributed by atoms with E-state index in [1.165, 1.54) is 0 Å². The highest BCUT2D eigenvalue weighted by molar-refractivity contribution is 6.00. The zero-order chi connectivity index (χ0) is 27.6. The Morgan fingerprint density at radius 1 is 1.02 bits per heavy atom. The first-order valence-corrected chi connectivity index (χ1v) is 13.7. The van der Waals surface area contributed by atoms with Gasteiger partial charge in [-0.3, -0.25) is 14.3 Å². The van der Waals surface area contributed by atoms with Crippen molar-refractivity contribution in [3.05, 3.63) is 72.2 Å². The molecular formula is C30H33N7O3. The molecule has 0 bridgehead atoms. The molecule has 1 atom stereocenters. The number of nitrogens with two attached hydrogens (primary N) is 1. The number of pyridine rings is 1. The molecule has 10 nitrogen and oxygen atoms in total. The van der Waals surface area contributed by atoms with Gasteiger partial charge >= 0.3 is 0 Å². The Hall–Kier alpha value is -4.44. The van der Waals surface area contributed by atoms with Crippen LogP contribution >= 0.6 is 0 Å². The molecule has 4 heterocycles. The Morgan fingerprint density at radius 3 is 2.62 bits per heavy atom. The molecule has 10 heteroatoms. The van der Waals surface area contributed by atoms with E-state index in [9.17, 15) is 9.59 Å². The fourth-order valence-corrected chi connectivity index (χ4v) is 5.43. The summed E-state index contributed by atoms with van der Waals surface area (Å²) in [5, 5.41) is 12.6. The Kier molecular flexibility index (Phi) is 7.08. The molecule has 4 aromatic rings. The van der Waals surface area contributed by atoms with Gasteiger partial charge in [0.1, 0.15) is 17.7 Å². The minimum Gasteiger partial charge on any atom is -0.490 e. The SMILES string of the molecule is Cn1cc(-c2cnc(N)c(C(=O)N[C@@H]3CCN(C(=O)c4ccc5cc(OC6CCNCC6)ccc5c4)C3)c2)cn1. The molecule has 0 spiro atoms. The van der Waals surface area contributed by atoms with Gasteiger partial charge in [0.2, 0.25) is 0 Å². The second kappa shape index (κ2) is 11.0. The normalized spacial score (nSPS) is 17.7. The lowest BCUT2D eigenvalue weighted by Gasteiger charge is -2.24. The predicted molar refractivity (Wildman–Crippen MR) is 153 cm³/mol. The number of likely N-dealkylation sites (tertiary alicyclic amines) is 1. The van der Waals surface area contributed by atoms with Crippen LogP contribution in [0, 0.1) is 0 Å². The summed E-state index contributed by atoms with van der Waals surface area (Å²) < 4.78 is 7.86. The number of nitrogens with one attached hydrogen (secondary N) is 2. The molecule has 0 radical (unpaired) electrons. The van der Waals surface area contributed by atoms with Gasteiger partial charge < -0.3 is 26.0 Å². The maximum absolute atomic E-state index is 13.3. The number of aromatic nitrogens is 3. The number of aryl methyl sites for hydroxylation is 1. The Bertz CT molecular complexity index is 1560. The van der Waals surface area contributed by atoms with Gasteiger partial charge in [-0.15, -0.1) is 0 Å². The van der Waals surface area contributed by atoms with E-state index in [0.717, 1.165) is 53.6 Å². The van der Waals surface area contributed by atoms with E-state index in [4.69, 9.17) is 10.5 Å². The first kappa shape index (κ1) is 25.8. The standard InChI is InChI=1S/C30H33N7O3/c1-36-17-23(16-34-36)22-14-27(28(31)33-15-22)29(38)35-24-8-11-37(18-24)30(39)21-3-2-20-13-26(5-4-19(20)12-21)40-25-6-9-32-10-7-25/h2-5,12-17,24-25,32H,6-11,18H2,1H3,(H2,31,33)(H,35,38)/t24-/m1/s1. The van der Waals surface area contributed by atoms with Crippen molar-refractivity contribution in [3.8, 4) is 16.9 Å². The minimum atomic E-state index is -0.303. The second-order valence-electron chi connectivity index (χ2n) is 10.6. The number of carbonyl (C=O) groups excluding carboxylic acids is 2. The van der Waals surface area contributed by atoms with E-state index in [1.54, 1.807) is 28.0 Å². The third-order valence-electron chi connectivity index (χ3n) is 7.66. The van der Waals surface area contributed by atoms with E-state index >= 15 is 0 Å². The predicted octanol–water partition coefficient (Wildman–Crippen LogP) is 2.99. The Balaban J connectivity index is 1.09. The van der Waals surface area contributed by atoms with Crippen molar-refractivity contribution in [2.24, 2.45) is 7.05 Å². The van der Waals surface area contributed by atoms with E-state index in [2.05, 4.69) is 20.7 Å². The molecule has 2 amide bonds. The van der Waals surface area contributed by atoms with Crippen molar-refractivity contribution in [2.75, 3.05) is 31.9 Å². The maximum atomic E-state index is 13.3. The van der Waals surface area contributed by atoms with E-state index in [-0.39, 0.29) is 29.8 Å². The average Bonchev–Trinajstić information content (AvgIpc) is 3.62. The molecule has 2 aliphatic rings. The molecule has 6 rings (SSSR count). The fraction of sp³-hybridized carbons (Fsp3) is 0.333. The van der Waals surface area contributed by atoms with Crippen LogP contribution in [0.5, 0.6) is 5.75 Å². The van der Waals surface area contributed by atoms with Crippen LogP contribution in [0.2, 0.25) is 0 Å². The van der Waals surface area contributed by atoms with Crippen molar-refractivity contribution in [3.63, 3.8) is 0 Å². The van der Waals surface area contributed by atoms with Gasteiger partial charge in [0.15, 0.2) is 0 Å². The monoisotopic (exact) mass is 539 g/mol. The van der Waals surface area contributed by atoms with Crippen molar-refractivity contribution in [1.82, 2.24) is 30.3 Å². The highest BCUT2D eigenvalue weighted by atomic mass is 16.5. The molecule has 0 unspecified atom stereocenters. The zero-order valence-corrected chi connectivity index (χ0v) is 22.5. The molecule has 2 fully saturated rings. The number of anilines is 1. The molecular weight excluding hydrogens is 506 g/mol. The number of carbonyl (C=O) groups is 2. The van der Waals surface area contributed by atoms with Crippen LogP contribution in [-0.2, 0) is 7.05 Å². The van der Waals surface area contributed by atoms with Crippen LogP contribution in [0.1, 0.15) is 40.0 Å². The number of hydrogen-bond donors (Lipinski definition) is 3. The van der Waals surface area contributed by atoms with Crippen LogP contribution in [0.3, 0.4) is 0 Å². The quantitative estimate of drug-likeness (QED) is 0.344. The summed E-state index contributed by atoms with van der Waals surface area (Å²) in [6.07, 6.45) is 8.11. The lowest BCUT2D eigenvalue weighted by Crippen LogP contribution is -2.38. The molecule has 2 aliphatic heterocycles. The van der Waals surface area contributed by atoms with Crippen molar-refractivity contribution >= 4 is 28.4 Å². The van der Waals surface area contributed by atoms with Gasteiger partial charge in [0.25, 0.3) is 11.8 Å². The number of benzene rings is 2. The molecule has 2 aromatic heterocycles. The third kappa shape index (κ3) is 5.48. The molecule has 40 heavy (non-hydrogen) atoms. The molecule has 206 valence electrons. The number of piperidine rings is 1. The number of amides is 2. The van der Waals surface area contributed by atoms with Crippen molar-refractivity contribution in [1.29, 1.82) is 0 Å². The molecule has 2 aromatic carbocycles. The number of fused-ring (bicyclic) bond motifs is 1. The number of ether oxygens (including phenoxy) is 1. The summed E-state index contributed by atoms with van der Waals surface area (Å²) in [5.74, 6) is 0.673. The van der Waals surface area contributed by atoms with E-state index in [0.29, 0.717) is 30.6 Å². The summed E-state index contributed by atoms with van der Waals surface area (Å²) in [6.45, 7) is 2.96. The topological polar surface area (TPSA) is 127 Å². The first-order chi connectivity index (χ1) is 19.4. The lowest BCUT2D eigenvalue weighted by molar-refractivity contribution is 0.0783. The van der Waals surface area contributed by atoms with Crippen LogP contribution in [0.4, 0.5) is 5.82 Å². The minimum absolute atomic E-state index is 0.0477. The number of hydrogen-bond acceptors (Lipinski definition) is 7. The molecule has 0 saturated carbocycles. The molecule has 0 aliphatic carbocycles. The summed E-state index contributed by atoms with van der Waals surface area (Å²) in [7, 11) is 1.83. The van der Waals surface area contributed by atoms with Gasteiger partial charge in [-0.05, 0) is 73.5 Å². The summed E-state index contributed by atoms with van der Waals surface area (Å²) in [5.41, 5.74) is 8.58. The summed E-state index contributed by atoms with van der Waals surface area (Å²) >= 11 is 0. The number of nitrogens with zero attached hydrogens (tertiary/aromatic N) is 4. The Labute approximate surface area is 232 Å². The smallest absolute Gasteiger partial charge is 0.255 e. The van der Waals surface area contributed by atoms with Crippen LogP contribution < -0.4 is 21.1 Å². The average molecular weight is 540 g/mol. The highest BCUT2D eigenvalue weighted by Crippen LogP contribution is 2.26.